The molecule has 0 saturated carbocycles. The zero-order valence-corrected chi connectivity index (χ0v) is 59.0. The number of carbonyl (C=O) groups is 15. The highest BCUT2D eigenvalue weighted by Crippen LogP contribution is 2.29. The van der Waals surface area contributed by atoms with Crippen LogP contribution >= 0.6 is 21.6 Å². The van der Waals surface area contributed by atoms with E-state index in [1.807, 2.05) is 0 Å². The molecule has 0 radical (unpaired) electrons. The number of fused-ring (bicyclic) bond motifs is 8. The highest BCUT2D eigenvalue weighted by Gasteiger charge is 2.47. The molecule has 0 unspecified atom stereocenters. The first kappa shape index (κ1) is 81.6. The molecule has 5 aliphatic rings. The van der Waals surface area contributed by atoms with Crippen molar-refractivity contribution in [2.24, 2.45) is 40.1 Å². The molecular formula is C62H101N17O18S2. The topological polar surface area (TPSA) is 523 Å². The first-order valence-corrected chi connectivity index (χ1v) is 36.4. The van der Waals surface area contributed by atoms with Crippen LogP contribution in [-0.2, 0) is 71.9 Å². The van der Waals surface area contributed by atoms with Gasteiger partial charge in [0.25, 0.3) is 0 Å². The SMILES string of the molecule is CC[C@H](C)[C@@H]1NC(=O)CNC(=O)[C@H](CC(=O)O)NC(=O)[C@@H]2CCCN2C(=O)[C@H]([C@@H](C)CC)NC(=O)[C@@H]2CSSC[C@H](NC1=O)C(=O)N[C@@H](CO)C(=O)N[C@@H](CCCN=C(N)N)C(=O)N[C@@H](CO)C(=O)N[C@@H](C(C)C)C(=O)N1CCC[C@H]1C(=O)N1CCC[C@H]1C(=O)N[C@@H]([C@@H](C)CC)C(=O)N2. The van der Waals surface area contributed by atoms with Gasteiger partial charge in [0.05, 0.1) is 26.2 Å². The second-order valence-corrected chi connectivity index (χ2v) is 28.6. The van der Waals surface area contributed by atoms with E-state index in [9.17, 15) is 82.4 Å². The predicted octanol–water partition coefficient (Wildman–Crippen LogP) is -5.36. The maximum Gasteiger partial charge on any atom is 0.305 e. The number of rotatable bonds is 15. The Hall–Kier alpha value is -8.06. The lowest BCUT2D eigenvalue weighted by Crippen LogP contribution is -2.62. The normalized spacial score (nSPS) is 29.6. The van der Waals surface area contributed by atoms with Gasteiger partial charge in [-0.3, -0.25) is 76.9 Å². The van der Waals surface area contributed by atoms with Gasteiger partial charge in [-0.25, -0.2) is 0 Å². The van der Waals surface area contributed by atoms with Crippen LogP contribution in [0, 0.1) is 23.7 Å². The van der Waals surface area contributed by atoms with Crippen molar-refractivity contribution in [3.8, 4) is 0 Å². The van der Waals surface area contributed by atoms with E-state index in [0.29, 0.717) is 19.3 Å². The Morgan fingerprint density at radius 1 is 0.485 bits per heavy atom. The number of amides is 14. The average Bonchev–Trinajstić information content (AvgIpc) is 1.72. The molecule has 0 aromatic heterocycles. The van der Waals surface area contributed by atoms with Crippen LogP contribution in [0.1, 0.15) is 132 Å². The molecule has 0 aromatic carbocycles. The number of carboxylic acids is 1. The number of nitrogens with zero attached hydrogens (tertiary/aromatic N) is 4. The van der Waals surface area contributed by atoms with Crippen molar-refractivity contribution in [1.29, 1.82) is 0 Å². The molecule has 2 bridgehead atoms. The minimum Gasteiger partial charge on any atom is -0.481 e. The van der Waals surface area contributed by atoms with E-state index in [1.54, 1.807) is 55.4 Å². The Morgan fingerprint density at radius 3 is 1.39 bits per heavy atom. The number of guanidine groups is 1. The Bertz CT molecular complexity index is 2980. The first-order valence-electron chi connectivity index (χ1n) is 33.9. The second-order valence-electron chi connectivity index (χ2n) is 26.0. The number of carbonyl (C=O) groups excluding carboxylic acids is 14. The molecule has 0 spiro atoms. The quantitative estimate of drug-likeness (QED) is 0.0315. The van der Waals surface area contributed by atoms with Crippen molar-refractivity contribution >= 4 is 116 Å². The first-order chi connectivity index (χ1) is 46.9. The van der Waals surface area contributed by atoms with Crippen LogP contribution in [0.4, 0.5) is 0 Å². The Balaban J connectivity index is 1.67. The molecule has 18 N–H and O–H groups in total. The Kier molecular flexibility index (Phi) is 32.2. The summed E-state index contributed by atoms with van der Waals surface area (Å²) in [7, 11) is 1.75. The van der Waals surface area contributed by atoms with Gasteiger partial charge in [-0.05, 0) is 75.0 Å². The number of carboxylic acid groups (broad SMARTS) is 1. The monoisotopic (exact) mass is 1440 g/mol. The molecule has 5 fully saturated rings. The molecule has 5 heterocycles. The van der Waals surface area contributed by atoms with Crippen molar-refractivity contribution in [2.75, 3.05) is 57.4 Å². The minimum atomic E-state index is -1.91. The number of hydrogen-bond donors (Lipinski definition) is 16. The maximum atomic E-state index is 15.1. The third kappa shape index (κ3) is 22.7. The van der Waals surface area contributed by atoms with Crippen LogP contribution in [-0.4, -0.2) is 261 Å². The summed E-state index contributed by atoms with van der Waals surface area (Å²) in [5.74, 6) is -18.3. The van der Waals surface area contributed by atoms with Crippen LogP contribution < -0.4 is 70.0 Å². The largest absolute Gasteiger partial charge is 0.481 e. The van der Waals surface area contributed by atoms with E-state index in [4.69, 9.17) is 11.5 Å². The Labute approximate surface area is 582 Å². The summed E-state index contributed by atoms with van der Waals surface area (Å²) in [6.07, 6.45) is 0.927. The fourth-order valence-corrected chi connectivity index (χ4v) is 14.4. The smallest absolute Gasteiger partial charge is 0.305 e. The van der Waals surface area contributed by atoms with E-state index >= 15 is 4.79 Å². The van der Waals surface area contributed by atoms with Gasteiger partial charge in [-0.1, -0.05) is 96.2 Å². The highest BCUT2D eigenvalue weighted by atomic mass is 33.1. The summed E-state index contributed by atoms with van der Waals surface area (Å²) in [5, 5.41) is 59.2. The molecule has 14 amide bonds. The number of hydrogen-bond acceptors (Lipinski definition) is 20. The third-order valence-corrected chi connectivity index (χ3v) is 21.0. The molecule has 0 aromatic rings. The fraction of sp³-hybridized carbons (Fsp3) is 0.742. The predicted molar refractivity (Wildman–Crippen MR) is 361 cm³/mol. The molecular weight excluding hydrogens is 1330 g/mol. The van der Waals surface area contributed by atoms with Crippen LogP contribution in [0.25, 0.3) is 0 Å². The van der Waals surface area contributed by atoms with Crippen molar-refractivity contribution in [2.45, 2.75) is 211 Å². The van der Waals surface area contributed by atoms with Crippen molar-refractivity contribution in [1.82, 2.24) is 73.2 Å². The lowest BCUT2D eigenvalue weighted by molar-refractivity contribution is -0.149. The van der Waals surface area contributed by atoms with Crippen molar-refractivity contribution in [3.63, 3.8) is 0 Å². The standard InChI is InChI=1S/C62H101N17O18S2/c1-9-31(6)46-57(93)71-38-28-98-99-29-39(54(90)76-48(33(8)11-3)61(97)78-22-14-17-40(78)55(91)68-35(24-44(83)84)49(85)66-25-43(82)73-46)72-58(94)47(32(7)10-2)75-56(92)41-18-13-21-77(41)59(95)42-19-15-23-79(42)60(96)45(30(4)5)74-52(88)37(27-81)69-50(86)34(16-12-20-65-62(63)64)67-51(87)36(26-80)70-53(38)89/h30-42,45-48,80-81H,9-29H2,1-8H3,(H,66,85)(H,67,87)(H,68,91)(H,69,86)(H,70,89)(H,71,93)(H,72,94)(H,73,82)(H,74,88)(H,75,92)(H,76,90)(H,83,84)(H4,63,64,65)/t31-,32-,33-,34-,35-,36-,37-,38-,39-,40-,41-,42-,45-,46-,47-,48-/m0/s1. The summed E-state index contributed by atoms with van der Waals surface area (Å²) in [5.41, 5.74) is 11.1. The molecule has 35 nitrogen and oxygen atoms in total. The van der Waals surface area contributed by atoms with Crippen LogP contribution in [0.15, 0.2) is 4.99 Å². The lowest BCUT2D eigenvalue weighted by Gasteiger charge is -2.35. The Morgan fingerprint density at radius 2 is 0.889 bits per heavy atom. The van der Waals surface area contributed by atoms with Crippen LogP contribution in [0.5, 0.6) is 0 Å². The molecule has 0 aliphatic carbocycles. The summed E-state index contributed by atoms with van der Waals surface area (Å²) >= 11 is 0. The summed E-state index contributed by atoms with van der Waals surface area (Å²) < 4.78 is 0. The average molecular weight is 1440 g/mol. The maximum absolute atomic E-state index is 15.1. The highest BCUT2D eigenvalue weighted by molar-refractivity contribution is 8.76. The van der Waals surface area contributed by atoms with E-state index in [2.05, 4.69) is 63.5 Å². The molecule has 16 atom stereocenters. The minimum absolute atomic E-state index is 0.00214. The van der Waals surface area contributed by atoms with Crippen molar-refractivity contribution < 1.29 is 87.2 Å². The second kappa shape index (κ2) is 39.1. The van der Waals surface area contributed by atoms with Gasteiger partial charge in [0.2, 0.25) is 82.7 Å². The molecule has 5 rings (SSSR count). The summed E-state index contributed by atoms with van der Waals surface area (Å²) in [6, 6.07) is -19.5. The van der Waals surface area contributed by atoms with Gasteiger partial charge in [0.1, 0.15) is 78.5 Å². The van der Waals surface area contributed by atoms with E-state index in [0.717, 1.165) is 21.6 Å². The fourth-order valence-electron chi connectivity index (χ4n) is 12.1. The number of aliphatic hydroxyl groups excluding tert-OH is 2. The molecule has 37 heteroatoms. The summed E-state index contributed by atoms with van der Waals surface area (Å²) in [6.45, 7) is 10.4. The van der Waals surface area contributed by atoms with Gasteiger partial charge < -0.3 is 100.0 Å². The van der Waals surface area contributed by atoms with E-state index in [-0.39, 0.29) is 89.3 Å². The number of aliphatic carboxylic acids is 1. The van der Waals surface area contributed by atoms with Gasteiger partial charge in [0, 0.05) is 37.7 Å². The van der Waals surface area contributed by atoms with Crippen molar-refractivity contribution in [3.05, 3.63) is 0 Å². The van der Waals surface area contributed by atoms with E-state index < -0.39 is 223 Å². The molecule has 5 saturated heterocycles. The van der Waals surface area contributed by atoms with Crippen LogP contribution in [0.3, 0.4) is 0 Å². The molecule has 554 valence electrons. The van der Waals surface area contributed by atoms with Gasteiger partial charge in [0.15, 0.2) is 5.96 Å². The number of aliphatic hydroxyl groups is 2. The third-order valence-electron chi connectivity index (χ3n) is 18.6. The van der Waals surface area contributed by atoms with Gasteiger partial charge in [-0.2, -0.15) is 0 Å². The zero-order chi connectivity index (χ0) is 73.5. The number of aliphatic imine (C=N–C) groups is 1. The zero-order valence-electron chi connectivity index (χ0n) is 57.4. The summed E-state index contributed by atoms with van der Waals surface area (Å²) in [4.78, 5) is 223. The number of nitrogens with two attached hydrogens (primary N) is 2. The van der Waals surface area contributed by atoms with E-state index in [1.165, 1.54) is 14.7 Å². The van der Waals surface area contributed by atoms with Gasteiger partial charge >= 0.3 is 5.97 Å². The van der Waals surface area contributed by atoms with Gasteiger partial charge in [-0.15, -0.1) is 0 Å². The lowest BCUT2D eigenvalue weighted by atomic mass is 9.96. The number of nitrogens with one attached hydrogen (secondary N) is 11. The molecule has 5 aliphatic heterocycles. The van der Waals surface area contributed by atoms with Crippen LogP contribution in [0.2, 0.25) is 0 Å². The molecule has 99 heavy (non-hydrogen) atoms.